The average molecular weight is 352 g/mol. The third kappa shape index (κ3) is 4.47. The molecule has 1 atom stereocenters. The highest BCUT2D eigenvalue weighted by atomic mass is 35.5. The van der Waals surface area contributed by atoms with Gasteiger partial charge in [-0.3, -0.25) is 4.79 Å². The third-order valence-electron chi connectivity index (χ3n) is 3.91. The van der Waals surface area contributed by atoms with Gasteiger partial charge >= 0.3 is 0 Å². The van der Waals surface area contributed by atoms with Crippen LogP contribution in [0, 0.1) is 0 Å². The van der Waals surface area contributed by atoms with E-state index in [1.165, 1.54) is 0 Å². The number of amides is 1. The molecule has 0 aliphatic heterocycles. The maximum Gasteiger partial charge on any atom is 0.228 e. The summed E-state index contributed by atoms with van der Waals surface area (Å²) in [6.45, 7) is 0. The topological polar surface area (TPSA) is 49.3 Å². The van der Waals surface area contributed by atoms with Crippen molar-refractivity contribution >= 4 is 23.2 Å². The molecule has 3 rings (SSSR count). The van der Waals surface area contributed by atoms with E-state index in [1.54, 1.807) is 18.2 Å². The van der Waals surface area contributed by atoms with Gasteiger partial charge in [0.25, 0.3) is 0 Å². The fraction of sp³-hybridized carbons (Fsp3) is 0.0952. The lowest BCUT2D eigenvalue weighted by atomic mass is 9.99. The number of hydrogen-bond acceptors (Lipinski definition) is 2. The van der Waals surface area contributed by atoms with Crippen molar-refractivity contribution in [3.05, 3.63) is 101 Å². The monoisotopic (exact) mass is 351 g/mol. The lowest BCUT2D eigenvalue weighted by molar-refractivity contribution is -0.115. The number of hydrogen-bond donors (Lipinski definition) is 2. The van der Waals surface area contributed by atoms with Crippen molar-refractivity contribution in [2.45, 2.75) is 12.5 Å². The van der Waals surface area contributed by atoms with Crippen LogP contribution >= 0.6 is 11.6 Å². The molecule has 0 aliphatic rings. The molecule has 1 amide bonds. The van der Waals surface area contributed by atoms with Crippen LogP contribution in [0.25, 0.3) is 0 Å². The van der Waals surface area contributed by atoms with Crippen molar-refractivity contribution in [3.8, 4) is 0 Å². The first-order valence-electron chi connectivity index (χ1n) is 8.00. The quantitative estimate of drug-likeness (QED) is 0.705. The lowest BCUT2D eigenvalue weighted by Gasteiger charge is -2.17. The molecule has 3 aromatic carbocycles. The Morgan fingerprint density at radius 1 is 0.960 bits per heavy atom. The summed E-state index contributed by atoms with van der Waals surface area (Å²) in [5, 5.41) is 14.1. The second-order valence-corrected chi connectivity index (χ2v) is 6.19. The Kier molecular flexibility index (Phi) is 5.49. The van der Waals surface area contributed by atoms with Crippen LogP contribution in [0.3, 0.4) is 0 Å². The Morgan fingerprint density at radius 2 is 1.60 bits per heavy atom. The molecule has 0 unspecified atom stereocenters. The van der Waals surface area contributed by atoms with E-state index in [4.69, 9.17) is 11.6 Å². The van der Waals surface area contributed by atoms with Crippen LogP contribution in [0.15, 0.2) is 78.9 Å². The van der Waals surface area contributed by atoms with Gasteiger partial charge in [-0.2, -0.15) is 0 Å². The number of aliphatic hydroxyl groups excluding tert-OH is 1. The highest BCUT2D eigenvalue weighted by Crippen LogP contribution is 2.31. The highest BCUT2D eigenvalue weighted by Gasteiger charge is 2.16. The van der Waals surface area contributed by atoms with Crippen LogP contribution in [0.5, 0.6) is 0 Å². The summed E-state index contributed by atoms with van der Waals surface area (Å²) in [5.41, 5.74) is 2.80. The molecule has 0 radical (unpaired) electrons. The van der Waals surface area contributed by atoms with Crippen molar-refractivity contribution in [2.75, 3.05) is 5.32 Å². The Bertz CT molecular complexity index is 850. The van der Waals surface area contributed by atoms with Crippen molar-refractivity contribution in [1.82, 2.24) is 0 Å². The molecule has 0 heterocycles. The minimum atomic E-state index is -0.869. The fourth-order valence-electron chi connectivity index (χ4n) is 2.66. The number of rotatable bonds is 5. The van der Waals surface area contributed by atoms with Gasteiger partial charge in [-0.25, -0.2) is 0 Å². The Labute approximate surface area is 151 Å². The summed E-state index contributed by atoms with van der Waals surface area (Å²) >= 11 is 6.09. The third-order valence-corrected chi connectivity index (χ3v) is 4.14. The van der Waals surface area contributed by atoms with Crippen LogP contribution in [-0.2, 0) is 11.2 Å². The standard InChI is InChI=1S/C21H18ClNO2/c22-17-11-12-19(23-20(24)13-15-7-3-1-4-8-15)18(14-17)21(25)16-9-5-2-6-10-16/h1-12,14,21,25H,13H2,(H,23,24)/t21-/m1/s1. The number of anilines is 1. The molecular weight excluding hydrogens is 334 g/mol. The van der Waals surface area contributed by atoms with Crippen molar-refractivity contribution in [1.29, 1.82) is 0 Å². The zero-order chi connectivity index (χ0) is 17.6. The van der Waals surface area contributed by atoms with E-state index in [2.05, 4.69) is 5.32 Å². The second kappa shape index (κ2) is 7.97. The Hall–Kier alpha value is -2.62. The maximum atomic E-state index is 12.4. The van der Waals surface area contributed by atoms with E-state index in [0.29, 0.717) is 16.3 Å². The lowest BCUT2D eigenvalue weighted by Crippen LogP contribution is -2.16. The molecule has 126 valence electrons. The van der Waals surface area contributed by atoms with Gasteiger partial charge in [0.05, 0.1) is 6.42 Å². The van der Waals surface area contributed by atoms with Crippen molar-refractivity contribution in [3.63, 3.8) is 0 Å². The van der Waals surface area contributed by atoms with Gasteiger partial charge in [0, 0.05) is 16.3 Å². The summed E-state index contributed by atoms with van der Waals surface area (Å²) in [7, 11) is 0. The average Bonchev–Trinajstić information content (AvgIpc) is 2.64. The summed E-state index contributed by atoms with van der Waals surface area (Å²) in [5.74, 6) is -0.143. The predicted octanol–water partition coefficient (Wildman–Crippen LogP) is 4.60. The van der Waals surface area contributed by atoms with E-state index in [9.17, 15) is 9.90 Å². The fourth-order valence-corrected chi connectivity index (χ4v) is 2.84. The van der Waals surface area contributed by atoms with E-state index in [0.717, 1.165) is 11.1 Å². The summed E-state index contributed by atoms with van der Waals surface area (Å²) < 4.78 is 0. The molecule has 0 bridgehead atoms. The van der Waals surface area contributed by atoms with E-state index in [-0.39, 0.29) is 12.3 Å². The van der Waals surface area contributed by atoms with Gasteiger partial charge in [0.15, 0.2) is 0 Å². The number of nitrogens with one attached hydrogen (secondary N) is 1. The number of benzene rings is 3. The van der Waals surface area contributed by atoms with Gasteiger partial charge in [0.1, 0.15) is 6.10 Å². The Morgan fingerprint density at radius 3 is 2.28 bits per heavy atom. The largest absolute Gasteiger partial charge is 0.384 e. The maximum absolute atomic E-state index is 12.4. The smallest absolute Gasteiger partial charge is 0.228 e. The summed E-state index contributed by atoms with van der Waals surface area (Å²) in [6, 6.07) is 23.9. The van der Waals surface area contributed by atoms with Gasteiger partial charge in [0.2, 0.25) is 5.91 Å². The molecule has 0 saturated carbocycles. The van der Waals surface area contributed by atoms with Gasteiger partial charge in [-0.15, -0.1) is 0 Å². The molecule has 0 fully saturated rings. The van der Waals surface area contributed by atoms with Crippen LogP contribution < -0.4 is 5.32 Å². The summed E-state index contributed by atoms with van der Waals surface area (Å²) in [6.07, 6.45) is -0.600. The van der Waals surface area contributed by atoms with Gasteiger partial charge in [-0.1, -0.05) is 72.3 Å². The normalized spacial score (nSPS) is 11.8. The second-order valence-electron chi connectivity index (χ2n) is 5.76. The van der Waals surface area contributed by atoms with Crippen LogP contribution in [-0.4, -0.2) is 11.0 Å². The molecular formula is C21H18ClNO2. The van der Waals surface area contributed by atoms with Crippen LogP contribution in [0.2, 0.25) is 5.02 Å². The molecule has 4 heteroatoms. The Balaban J connectivity index is 1.83. The molecule has 3 nitrogen and oxygen atoms in total. The first kappa shape index (κ1) is 17.2. The number of aliphatic hydroxyl groups is 1. The number of halogens is 1. The number of carbonyl (C=O) groups excluding carboxylic acids is 1. The highest BCUT2D eigenvalue weighted by molar-refractivity contribution is 6.30. The van der Waals surface area contributed by atoms with Gasteiger partial charge in [-0.05, 0) is 29.3 Å². The minimum Gasteiger partial charge on any atom is -0.384 e. The first-order valence-corrected chi connectivity index (χ1v) is 8.37. The van der Waals surface area contributed by atoms with Gasteiger partial charge < -0.3 is 10.4 Å². The molecule has 0 spiro atoms. The number of carbonyl (C=O) groups is 1. The van der Waals surface area contributed by atoms with E-state index >= 15 is 0 Å². The molecule has 0 aliphatic carbocycles. The SMILES string of the molecule is O=C(Cc1ccccc1)Nc1ccc(Cl)cc1[C@H](O)c1ccccc1. The predicted molar refractivity (Wildman–Crippen MR) is 101 cm³/mol. The molecule has 0 aromatic heterocycles. The molecule has 3 aromatic rings. The van der Waals surface area contributed by atoms with Crippen molar-refractivity contribution < 1.29 is 9.90 Å². The first-order chi connectivity index (χ1) is 12.1. The van der Waals surface area contributed by atoms with E-state index in [1.807, 2.05) is 60.7 Å². The molecule has 2 N–H and O–H groups in total. The zero-order valence-corrected chi connectivity index (χ0v) is 14.3. The zero-order valence-electron chi connectivity index (χ0n) is 13.5. The van der Waals surface area contributed by atoms with Crippen LogP contribution in [0.1, 0.15) is 22.8 Å². The van der Waals surface area contributed by atoms with Crippen LogP contribution in [0.4, 0.5) is 5.69 Å². The molecule has 0 saturated heterocycles. The summed E-state index contributed by atoms with van der Waals surface area (Å²) in [4.78, 5) is 12.4. The van der Waals surface area contributed by atoms with E-state index < -0.39 is 6.10 Å². The minimum absolute atomic E-state index is 0.143. The van der Waals surface area contributed by atoms with Crippen molar-refractivity contribution in [2.24, 2.45) is 0 Å². The molecule has 25 heavy (non-hydrogen) atoms.